The van der Waals surface area contributed by atoms with Crippen LogP contribution in [0.25, 0.3) is 0 Å². The fraction of sp³-hybridized carbons (Fsp3) is 0.0667. The predicted molar refractivity (Wildman–Crippen MR) is 80.2 cm³/mol. The highest BCUT2D eigenvalue weighted by Crippen LogP contribution is 2.08. The molecule has 2 aromatic rings. The minimum Gasteiger partial charge on any atom is -0.454 e. The molecule has 0 saturated carbocycles. The monoisotopic (exact) mass is 366 g/mol. The molecule has 0 radical (unpaired) electrons. The van der Waals surface area contributed by atoms with E-state index in [1.54, 1.807) is 36.4 Å². The molecule has 3 nitrogen and oxygen atoms in total. The number of esters is 1. The highest BCUT2D eigenvalue weighted by molar-refractivity contribution is 14.1. The van der Waals surface area contributed by atoms with Gasteiger partial charge >= 0.3 is 5.97 Å². The van der Waals surface area contributed by atoms with Crippen LogP contribution in [0.2, 0.25) is 0 Å². The first-order valence-electron chi connectivity index (χ1n) is 5.68. The topological polar surface area (TPSA) is 43.4 Å². The Morgan fingerprint density at radius 3 is 2.16 bits per heavy atom. The molecule has 0 aliphatic carbocycles. The molecule has 19 heavy (non-hydrogen) atoms. The number of benzene rings is 2. The van der Waals surface area contributed by atoms with Gasteiger partial charge in [0.2, 0.25) is 0 Å². The van der Waals surface area contributed by atoms with Crippen molar-refractivity contribution < 1.29 is 14.3 Å². The smallest absolute Gasteiger partial charge is 0.338 e. The van der Waals surface area contributed by atoms with Crippen molar-refractivity contribution >= 4 is 34.3 Å². The van der Waals surface area contributed by atoms with Crippen LogP contribution in [0.15, 0.2) is 54.6 Å². The molecule has 0 aliphatic rings. The number of hydrogen-bond acceptors (Lipinski definition) is 3. The van der Waals surface area contributed by atoms with E-state index in [4.69, 9.17) is 4.74 Å². The lowest BCUT2D eigenvalue weighted by Gasteiger charge is -2.04. The summed E-state index contributed by atoms with van der Waals surface area (Å²) in [5.41, 5.74) is 0.985. The van der Waals surface area contributed by atoms with Gasteiger partial charge in [-0.1, -0.05) is 30.3 Å². The fourth-order valence-corrected chi connectivity index (χ4v) is 1.87. The van der Waals surface area contributed by atoms with Crippen molar-refractivity contribution in [1.82, 2.24) is 0 Å². The van der Waals surface area contributed by atoms with Crippen LogP contribution in [-0.2, 0) is 4.74 Å². The second-order valence-corrected chi connectivity index (χ2v) is 5.12. The Morgan fingerprint density at radius 1 is 0.895 bits per heavy atom. The van der Waals surface area contributed by atoms with Gasteiger partial charge in [-0.2, -0.15) is 0 Å². The normalized spacial score (nSPS) is 9.95. The van der Waals surface area contributed by atoms with Crippen LogP contribution in [0.1, 0.15) is 20.7 Å². The SMILES string of the molecule is O=C(COC(=O)c1ccccc1)c1ccc(I)cc1. The van der Waals surface area contributed by atoms with Gasteiger partial charge < -0.3 is 4.74 Å². The second-order valence-electron chi connectivity index (χ2n) is 3.87. The van der Waals surface area contributed by atoms with Gasteiger partial charge in [-0.05, 0) is 46.9 Å². The van der Waals surface area contributed by atoms with Crippen LogP contribution < -0.4 is 0 Å². The standard InChI is InChI=1S/C15H11IO3/c16-13-8-6-11(7-9-13)14(17)10-19-15(18)12-4-2-1-3-5-12/h1-9H,10H2. The summed E-state index contributed by atoms with van der Waals surface area (Å²) in [6.07, 6.45) is 0. The summed E-state index contributed by atoms with van der Waals surface area (Å²) in [5.74, 6) is -0.694. The highest BCUT2D eigenvalue weighted by Gasteiger charge is 2.11. The molecule has 0 bridgehead atoms. The summed E-state index contributed by atoms with van der Waals surface area (Å²) in [4.78, 5) is 23.5. The summed E-state index contributed by atoms with van der Waals surface area (Å²) < 4.78 is 6.04. The largest absolute Gasteiger partial charge is 0.454 e. The summed E-state index contributed by atoms with van der Waals surface area (Å²) in [6, 6.07) is 15.7. The minimum absolute atomic E-state index is 0.208. The maximum absolute atomic E-state index is 11.8. The Kier molecular flexibility index (Phi) is 4.68. The number of carbonyl (C=O) groups excluding carboxylic acids is 2. The van der Waals surface area contributed by atoms with Crippen LogP contribution in [0, 0.1) is 3.57 Å². The molecule has 2 aromatic carbocycles. The molecule has 0 amide bonds. The van der Waals surface area contributed by atoms with Gasteiger partial charge in [0.15, 0.2) is 12.4 Å². The summed E-state index contributed by atoms with van der Waals surface area (Å²) in [6.45, 7) is -0.242. The highest BCUT2D eigenvalue weighted by atomic mass is 127. The molecule has 0 spiro atoms. The first kappa shape index (κ1) is 13.7. The van der Waals surface area contributed by atoms with Crippen molar-refractivity contribution in [2.24, 2.45) is 0 Å². The minimum atomic E-state index is -0.487. The zero-order valence-corrected chi connectivity index (χ0v) is 12.2. The van der Waals surface area contributed by atoms with Crippen LogP contribution in [0.3, 0.4) is 0 Å². The van der Waals surface area contributed by atoms with E-state index in [0.29, 0.717) is 11.1 Å². The van der Waals surface area contributed by atoms with Crippen molar-refractivity contribution in [3.05, 3.63) is 69.3 Å². The number of hydrogen-bond donors (Lipinski definition) is 0. The van der Waals surface area contributed by atoms with Gasteiger partial charge in [0, 0.05) is 9.13 Å². The lowest BCUT2D eigenvalue weighted by molar-refractivity contribution is 0.0475. The zero-order chi connectivity index (χ0) is 13.7. The molecule has 0 heterocycles. The van der Waals surface area contributed by atoms with Gasteiger partial charge in [0.25, 0.3) is 0 Å². The van der Waals surface area contributed by atoms with Gasteiger partial charge in [0.05, 0.1) is 5.56 Å². The number of carbonyl (C=O) groups is 2. The third kappa shape index (κ3) is 3.89. The Morgan fingerprint density at radius 2 is 1.53 bits per heavy atom. The molecule has 0 saturated heterocycles. The van der Waals surface area contributed by atoms with E-state index < -0.39 is 5.97 Å². The molecule has 2 rings (SSSR count). The van der Waals surface area contributed by atoms with E-state index in [2.05, 4.69) is 22.6 Å². The summed E-state index contributed by atoms with van der Waals surface area (Å²) in [7, 11) is 0. The van der Waals surface area contributed by atoms with Crippen LogP contribution in [0.5, 0.6) is 0 Å². The zero-order valence-electron chi connectivity index (χ0n) is 10.0. The quantitative estimate of drug-likeness (QED) is 0.474. The number of ether oxygens (including phenoxy) is 1. The molecule has 0 atom stereocenters. The third-order valence-corrected chi connectivity index (χ3v) is 3.23. The molecule has 0 N–H and O–H groups in total. The maximum Gasteiger partial charge on any atom is 0.338 e. The average Bonchev–Trinajstić information content (AvgIpc) is 2.46. The molecular weight excluding hydrogens is 355 g/mol. The van der Waals surface area contributed by atoms with Gasteiger partial charge in [-0.15, -0.1) is 0 Å². The lowest BCUT2D eigenvalue weighted by Crippen LogP contribution is -2.14. The molecule has 0 unspecified atom stereocenters. The summed E-state index contributed by atoms with van der Waals surface area (Å²) in [5, 5.41) is 0. The van der Waals surface area contributed by atoms with Crippen molar-refractivity contribution in [1.29, 1.82) is 0 Å². The van der Waals surface area contributed by atoms with E-state index in [9.17, 15) is 9.59 Å². The predicted octanol–water partition coefficient (Wildman–Crippen LogP) is 3.33. The molecule has 96 valence electrons. The van der Waals surface area contributed by atoms with Crippen LogP contribution in [0.4, 0.5) is 0 Å². The second kappa shape index (κ2) is 6.47. The Balaban J connectivity index is 1.94. The van der Waals surface area contributed by atoms with E-state index in [-0.39, 0.29) is 12.4 Å². The van der Waals surface area contributed by atoms with E-state index in [1.807, 2.05) is 18.2 Å². The van der Waals surface area contributed by atoms with Crippen LogP contribution in [-0.4, -0.2) is 18.4 Å². The van der Waals surface area contributed by atoms with Crippen molar-refractivity contribution in [2.75, 3.05) is 6.61 Å². The molecular formula is C15H11IO3. The molecule has 0 fully saturated rings. The van der Waals surface area contributed by atoms with Gasteiger partial charge in [-0.3, -0.25) is 4.79 Å². The summed E-state index contributed by atoms with van der Waals surface area (Å²) >= 11 is 2.16. The molecule has 4 heteroatoms. The van der Waals surface area contributed by atoms with Crippen LogP contribution >= 0.6 is 22.6 Å². The van der Waals surface area contributed by atoms with E-state index in [0.717, 1.165) is 3.57 Å². The van der Waals surface area contributed by atoms with E-state index >= 15 is 0 Å². The average molecular weight is 366 g/mol. The Bertz CT molecular complexity index is 576. The van der Waals surface area contributed by atoms with Crippen molar-refractivity contribution in [3.63, 3.8) is 0 Å². The van der Waals surface area contributed by atoms with Crippen molar-refractivity contribution in [2.45, 2.75) is 0 Å². The Hall–Kier alpha value is -1.69. The maximum atomic E-state index is 11.8. The number of rotatable bonds is 4. The lowest BCUT2D eigenvalue weighted by atomic mass is 10.1. The van der Waals surface area contributed by atoms with Crippen molar-refractivity contribution in [3.8, 4) is 0 Å². The Labute approximate surface area is 124 Å². The first-order chi connectivity index (χ1) is 9.16. The first-order valence-corrected chi connectivity index (χ1v) is 6.75. The molecule has 0 aliphatic heterocycles. The number of ketones is 1. The number of Topliss-reactive ketones (excluding diaryl/α,β-unsaturated/α-hetero) is 1. The van der Waals surface area contributed by atoms with Gasteiger partial charge in [0.1, 0.15) is 0 Å². The molecule has 0 aromatic heterocycles. The number of halogens is 1. The third-order valence-electron chi connectivity index (χ3n) is 2.51. The van der Waals surface area contributed by atoms with Gasteiger partial charge in [-0.25, -0.2) is 4.79 Å². The van der Waals surface area contributed by atoms with E-state index in [1.165, 1.54) is 0 Å². The fourth-order valence-electron chi connectivity index (χ4n) is 1.51.